The first kappa shape index (κ1) is 18.4. The van der Waals surface area contributed by atoms with Crippen LogP contribution in [-0.2, 0) is 27.8 Å². The number of nitrogens with one attached hydrogen (secondary N) is 1. The average molecular weight is 365 g/mol. The maximum absolute atomic E-state index is 12.3. The SMILES string of the molecule is CS(=O)(=O)N1CCC(C(=O)NCCN2CCc3ccccc3C2)CC1. The van der Waals surface area contributed by atoms with Gasteiger partial charge in [0, 0.05) is 45.2 Å². The lowest BCUT2D eigenvalue weighted by atomic mass is 9.97. The number of amides is 1. The van der Waals surface area contributed by atoms with Gasteiger partial charge < -0.3 is 5.32 Å². The molecule has 1 N–H and O–H groups in total. The van der Waals surface area contributed by atoms with Crippen LogP contribution < -0.4 is 5.32 Å². The average Bonchev–Trinajstić information content (AvgIpc) is 2.61. The summed E-state index contributed by atoms with van der Waals surface area (Å²) in [4.78, 5) is 14.7. The number of benzene rings is 1. The van der Waals surface area contributed by atoms with Crippen LogP contribution in [0.4, 0.5) is 0 Å². The number of hydrogen-bond acceptors (Lipinski definition) is 4. The molecule has 3 rings (SSSR count). The van der Waals surface area contributed by atoms with Crippen molar-refractivity contribution in [3.05, 3.63) is 35.4 Å². The smallest absolute Gasteiger partial charge is 0.223 e. The van der Waals surface area contributed by atoms with Gasteiger partial charge in [0.15, 0.2) is 0 Å². The number of hydrogen-bond donors (Lipinski definition) is 1. The Balaban J connectivity index is 1.39. The van der Waals surface area contributed by atoms with Gasteiger partial charge in [-0.05, 0) is 30.4 Å². The Hall–Kier alpha value is -1.44. The number of carbonyl (C=O) groups is 1. The standard InChI is InChI=1S/C18H27N3O3S/c1-25(23,24)21-11-7-16(8-12-21)18(22)19-9-13-20-10-6-15-4-2-3-5-17(15)14-20/h2-5,16H,6-14H2,1H3,(H,19,22). The number of piperidine rings is 1. The Bertz CT molecular complexity index is 712. The molecule has 0 atom stereocenters. The Labute approximate surface area is 150 Å². The number of nitrogens with zero attached hydrogens (tertiary/aromatic N) is 2. The first-order valence-electron chi connectivity index (χ1n) is 8.95. The fraction of sp³-hybridized carbons (Fsp3) is 0.611. The van der Waals surface area contributed by atoms with Crippen LogP contribution in [0.3, 0.4) is 0 Å². The van der Waals surface area contributed by atoms with E-state index in [-0.39, 0.29) is 11.8 Å². The van der Waals surface area contributed by atoms with E-state index in [4.69, 9.17) is 0 Å². The van der Waals surface area contributed by atoms with Crippen molar-refractivity contribution >= 4 is 15.9 Å². The van der Waals surface area contributed by atoms with E-state index in [1.54, 1.807) is 0 Å². The second-order valence-corrected chi connectivity index (χ2v) is 9.00. The van der Waals surface area contributed by atoms with Gasteiger partial charge in [0.1, 0.15) is 0 Å². The number of sulfonamides is 1. The summed E-state index contributed by atoms with van der Waals surface area (Å²) in [6.45, 7) is 4.35. The largest absolute Gasteiger partial charge is 0.355 e. The van der Waals surface area contributed by atoms with Crippen LogP contribution >= 0.6 is 0 Å². The lowest BCUT2D eigenvalue weighted by Gasteiger charge is -2.30. The van der Waals surface area contributed by atoms with Gasteiger partial charge in [0.25, 0.3) is 0 Å². The summed E-state index contributed by atoms with van der Waals surface area (Å²) in [6.07, 6.45) is 3.50. The van der Waals surface area contributed by atoms with Gasteiger partial charge in [-0.3, -0.25) is 9.69 Å². The molecule has 0 aliphatic carbocycles. The highest BCUT2D eigenvalue weighted by molar-refractivity contribution is 7.88. The first-order chi connectivity index (χ1) is 11.9. The van der Waals surface area contributed by atoms with Gasteiger partial charge >= 0.3 is 0 Å². The minimum absolute atomic E-state index is 0.0607. The predicted octanol–water partition coefficient (Wildman–Crippen LogP) is 0.833. The van der Waals surface area contributed by atoms with Crippen molar-refractivity contribution in [2.75, 3.05) is 39.0 Å². The molecule has 1 saturated heterocycles. The number of rotatable bonds is 5. The molecule has 138 valence electrons. The minimum atomic E-state index is -3.14. The van der Waals surface area contributed by atoms with E-state index in [9.17, 15) is 13.2 Å². The van der Waals surface area contributed by atoms with Crippen LogP contribution in [0.1, 0.15) is 24.0 Å². The van der Waals surface area contributed by atoms with E-state index in [1.165, 1.54) is 21.7 Å². The van der Waals surface area contributed by atoms with E-state index in [0.29, 0.717) is 32.5 Å². The molecule has 1 aromatic carbocycles. The second-order valence-electron chi connectivity index (χ2n) is 7.02. The van der Waals surface area contributed by atoms with E-state index >= 15 is 0 Å². The van der Waals surface area contributed by atoms with Gasteiger partial charge in [-0.2, -0.15) is 0 Å². The molecule has 6 nitrogen and oxygen atoms in total. The summed E-state index contributed by atoms with van der Waals surface area (Å²) >= 11 is 0. The fourth-order valence-electron chi connectivity index (χ4n) is 3.68. The Morgan fingerprint density at radius 3 is 2.52 bits per heavy atom. The molecule has 2 heterocycles. The molecule has 25 heavy (non-hydrogen) atoms. The van der Waals surface area contributed by atoms with Crippen LogP contribution in [0.5, 0.6) is 0 Å². The third-order valence-electron chi connectivity index (χ3n) is 5.23. The molecule has 1 aromatic rings. The highest BCUT2D eigenvalue weighted by atomic mass is 32.2. The lowest BCUT2D eigenvalue weighted by molar-refractivity contribution is -0.126. The zero-order chi connectivity index (χ0) is 17.9. The summed E-state index contributed by atoms with van der Waals surface area (Å²) in [5, 5.41) is 3.03. The van der Waals surface area contributed by atoms with Gasteiger partial charge in [0.2, 0.25) is 15.9 Å². The third kappa shape index (κ3) is 4.80. The van der Waals surface area contributed by atoms with Crippen molar-refractivity contribution in [3.8, 4) is 0 Å². The normalized spacial score (nSPS) is 20.2. The molecule has 0 saturated carbocycles. The first-order valence-corrected chi connectivity index (χ1v) is 10.8. The number of carbonyl (C=O) groups excluding carboxylic acids is 1. The monoisotopic (exact) mass is 365 g/mol. The van der Waals surface area contributed by atoms with Crippen LogP contribution in [0.15, 0.2) is 24.3 Å². The van der Waals surface area contributed by atoms with Crippen molar-refractivity contribution < 1.29 is 13.2 Å². The quantitative estimate of drug-likeness (QED) is 0.839. The van der Waals surface area contributed by atoms with Gasteiger partial charge in [-0.1, -0.05) is 24.3 Å². The van der Waals surface area contributed by atoms with Crippen molar-refractivity contribution in [2.45, 2.75) is 25.8 Å². The second kappa shape index (κ2) is 7.85. The number of fused-ring (bicyclic) bond motifs is 1. The maximum Gasteiger partial charge on any atom is 0.223 e. The molecule has 0 radical (unpaired) electrons. The third-order valence-corrected chi connectivity index (χ3v) is 6.53. The van der Waals surface area contributed by atoms with E-state index in [0.717, 1.165) is 26.1 Å². The van der Waals surface area contributed by atoms with Crippen LogP contribution in [0.25, 0.3) is 0 Å². The molecule has 2 aliphatic heterocycles. The van der Waals surface area contributed by atoms with E-state index in [1.807, 2.05) is 0 Å². The topological polar surface area (TPSA) is 69.7 Å². The Morgan fingerprint density at radius 1 is 1.16 bits per heavy atom. The molecule has 1 amide bonds. The Morgan fingerprint density at radius 2 is 1.84 bits per heavy atom. The molecule has 2 aliphatic rings. The zero-order valence-corrected chi connectivity index (χ0v) is 15.6. The fourth-order valence-corrected chi connectivity index (χ4v) is 4.55. The molecule has 7 heteroatoms. The minimum Gasteiger partial charge on any atom is -0.355 e. The molecule has 0 bridgehead atoms. The van der Waals surface area contributed by atoms with Crippen molar-refractivity contribution in [1.29, 1.82) is 0 Å². The molecular weight excluding hydrogens is 338 g/mol. The van der Waals surface area contributed by atoms with Crippen molar-refractivity contribution in [2.24, 2.45) is 5.92 Å². The summed E-state index contributed by atoms with van der Waals surface area (Å²) in [7, 11) is -3.14. The van der Waals surface area contributed by atoms with Crippen LogP contribution in [0, 0.1) is 5.92 Å². The molecule has 0 spiro atoms. The van der Waals surface area contributed by atoms with E-state index < -0.39 is 10.0 Å². The molecule has 0 aromatic heterocycles. The predicted molar refractivity (Wildman–Crippen MR) is 97.6 cm³/mol. The van der Waals surface area contributed by atoms with Crippen LogP contribution in [0.2, 0.25) is 0 Å². The molecule has 0 unspecified atom stereocenters. The van der Waals surface area contributed by atoms with Crippen molar-refractivity contribution in [3.63, 3.8) is 0 Å². The Kier molecular flexibility index (Phi) is 5.76. The van der Waals surface area contributed by atoms with Gasteiger partial charge in [-0.15, -0.1) is 0 Å². The molecule has 1 fully saturated rings. The van der Waals surface area contributed by atoms with Crippen molar-refractivity contribution in [1.82, 2.24) is 14.5 Å². The highest BCUT2D eigenvalue weighted by Crippen LogP contribution is 2.20. The van der Waals surface area contributed by atoms with E-state index in [2.05, 4.69) is 34.5 Å². The summed E-state index contributed by atoms with van der Waals surface area (Å²) in [5.74, 6) is -0.00866. The van der Waals surface area contributed by atoms with Gasteiger partial charge in [-0.25, -0.2) is 12.7 Å². The summed E-state index contributed by atoms with van der Waals surface area (Å²) in [5.41, 5.74) is 2.81. The highest BCUT2D eigenvalue weighted by Gasteiger charge is 2.28. The van der Waals surface area contributed by atoms with Crippen LogP contribution in [-0.4, -0.2) is 62.5 Å². The maximum atomic E-state index is 12.3. The summed E-state index contributed by atoms with van der Waals surface area (Å²) < 4.78 is 24.5. The molecular formula is C18H27N3O3S. The van der Waals surface area contributed by atoms with Gasteiger partial charge in [0.05, 0.1) is 6.26 Å². The zero-order valence-electron chi connectivity index (χ0n) is 14.8. The summed E-state index contributed by atoms with van der Waals surface area (Å²) in [6, 6.07) is 8.53. The lowest BCUT2D eigenvalue weighted by Crippen LogP contribution is -2.44.